The van der Waals surface area contributed by atoms with Gasteiger partial charge in [0.25, 0.3) is 0 Å². The number of hydrogen-bond donors (Lipinski definition) is 2. The number of fused-ring (bicyclic) bond motifs is 1. The molecule has 0 saturated heterocycles. The van der Waals surface area contributed by atoms with Crippen LogP contribution in [0.15, 0.2) is 45.6 Å². The van der Waals surface area contributed by atoms with E-state index in [9.17, 15) is 15.0 Å². The van der Waals surface area contributed by atoms with Crippen LogP contribution in [0.1, 0.15) is 34.9 Å². The molecule has 1 aromatic heterocycles. The van der Waals surface area contributed by atoms with Crippen LogP contribution >= 0.6 is 0 Å². The predicted octanol–water partition coefficient (Wildman–Crippen LogP) is 1.54. The van der Waals surface area contributed by atoms with Crippen molar-refractivity contribution in [3.63, 3.8) is 0 Å². The maximum Gasteiger partial charge on any atom is 0.191 e. The van der Waals surface area contributed by atoms with Crippen molar-refractivity contribution in [1.29, 1.82) is 0 Å². The van der Waals surface area contributed by atoms with E-state index in [4.69, 9.17) is 13.9 Å². The standard InChI is InChI=1S/C19H22O6/c1-23-17-14-13(20)10-12(9-8-11-6-4-3-5-7-11)25-18(14)19(24-2)16(22)15(17)21/h3-7,10,15-17,19,21-22H,8-9H2,1-2H3. The summed E-state index contributed by atoms with van der Waals surface area (Å²) in [6.07, 6.45) is -3.11. The Kier molecular flexibility index (Phi) is 5.34. The lowest BCUT2D eigenvalue weighted by Gasteiger charge is -2.36. The molecule has 2 aromatic rings. The van der Waals surface area contributed by atoms with E-state index in [0.717, 1.165) is 12.0 Å². The van der Waals surface area contributed by atoms with Gasteiger partial charge < -0.3 is 24.1 Å². The van der Waals surface area contributed by atoms with Crippen molar-refractivity contribution in [3.05, 3.63) is 69.3 Å². The molecule has 3 rings (SSSR count). The summed E-state index contributed by atoms with van der Waals surface area (Å²) < 4.78 is 16.4. The van der Waals surface area contributed by atoms with Gasteiger partial charge in [0.1, 0.15) is 35.9 Å². The van der Waals surface area contributed by atoms with Crippen LogP contribution in [0.3, 0.4) is 0 Å². The van der Waals surface area contributed by atoms with Crippen LogP contribution in [-0.4, -0.2) is 36.6 Å². The fourth-order valence-electron chi connectivity index (χ4n) is 3.29. The highest BCUT2D eigenvalue weighted by atomic mass is 16.5. The minimum absolute atomic E-state index is 0.204. The number of benzene rings is 1. The molecule has 25 heavy (non-hydrogen) atoms. The van der Waals surface area contributed by atoms with Crippen molar-refractivity contribution in [2.45, 2.75) is 37.3 Å². The lowest BCUT2D eigenvalue weighted by atomic mass is 9.86. The Morgan fingerprint density at radius 1 is 1.00 bits per heavy atom. The molecule has 0 aliphatic heterocycles. The van der Waals surface area contributed by atoms with Gasteiger partial charge in [0, 0.05) is 26.7 Å². The largest absolute Gasteiger partial charge is 0.463 e. The Hall–Kier alpha value is -1.99. The second-order valence-corrected chi connectivity index (χ2v) is 6.13. The lowest BCUT2D eigenvalue weighted by Crippen LogP contribution is -2.45. The van der Waals surface area contributed by atoms with Gasteiger partial charge in [-0.2, -0.15) is 0 Å². The van der Waals surface area contributed by atoms with Crippen LogP contribution in [0.25, 0.3) is 0 Å². The smallest absolute Gasteiger partial charge is 0.191 e. The summed E-state index contributed by atoms with van der Waals surface area (Å²) >= 11 is 0. The van der Waals surface area contributed by atoms with Gasteiger partial charge in [-0.1, -0.05) is 30.3 Å². The maximum atomic E-state index is 12.6. The Bertz CT molecular complexity index is 769. The van der Waals surface area contributed by atoms with E-state index in [0.29, 0.717) is 12.2 Å². The number of methoxy groups -OCH3 is 2. The first-order chi connectivity index (χ1) is 12.1. The summed E-state index contributed by atoms with van der Waals surface area (Å²) in [6, 6.07) is 11.3. The van der Waals surface area contributed by atoms with E-state index in [2.05, 4.69) is 0 Å². The summed E-state index contributed by atoms with van der Waals surface area (Å²) in [7, 11) is 2.77. The molecular weight excluding hydrogens is 324 g/mol. The summed E-state index contributed by atoms with van der Waals surface area (Å²) in [5, 5.41) is 20.5. The summed E-state index contributed by atoms with van der Waals surface area (Å²) in [6.45, 7) is 0. The third kappa shape index (κ3) is 3.39. The van der Waals surface area contributed by atoms with E-state index in [1.807, 2.05) is 30.3 Å². The van der Waals surface area contributed by atoms with Gasteiger partial charge in [-0.15, -0.1) is 0 Å². The summed E-state index contributed by atoms with van der Waals surface area (Å²) in [5.41, 5.74) is 1.05. The molecule has 0 bridgehead atoms. The van der Waals surface area contributed by atoms with Gasteiger partial charge in [-0.3, -0.25) is 4.79 Å². The zero-order valence-corrected chi connectivity index (χ0v) is 14.2. The molecule has 0 radical (unpaired) electrons. The van der Waals surface area contributed by atoms with Crippen molar-refractivity contribution in [1.82, 2.24) is 0 Å². The van der Waals surface area contributed by atoms with E-state index in [-0.39, 0.29) is 16.8 Å². The van der Waals surface area contributed by atoms with Crippen LogP contribution in [0, 0.1) is 0 Å². The number of aryl methyl sites for hydroxylation is 2. The average molecular weight is 346 g/mol. The molecule has 1 aromatic carbocycles. The van der Waals surface area contributed by atoms with Crippen molar-refractivity contribution in [2.24, 2.45) is 0 Å². The number of hydrogen-bond acceptors (Lipinski definition) is 6. The number of rotatable bonds is 5. The maximum absolute atomic E-state index is 12.6. The molecule has 134 valence electrons. The number of aliphatic hydroxyl groups excluding tert-OH is 2. The first-order valence-corrected chi connectivity index (χ1v) is 8.19. The van der Waals surface area contributed by atoms with Crippen LogP contribution < -0.4 is 5.43 Å². The summed E-state index contributed by atoms with van der Waals surface area (Å²) in [4.78, 5) is 12.6. The van der Waals surface area contributed by atoms with E-state index >= 15 is 0 Å². The first-order valence-electron chi connectivity index (χ1n) is 8.19. The molecule has 6 nitrogen and oxygen atoms in total. The zero-order valence-electron chi connectivity index (χ0n) is 14.2. The molecule has 0 spiro atoms. The molecule has 6 heteroatoms. The molecule has 1 aliphatic rings. The fourth-order valence-corrected chi connectivity index (χ4v) is 3.29. The Balaban J connectivity index is 1.96. The minimum Gasteiger partial charge on any atom is -0.463 e. The van der Waals surface area contributed by atoms with E-state index in [1.165, 1.54) is 20.3 Å². The van der Waals surface area contributed by atoms with Crippen molar-refractivity contribution >= 4 is 0 Å². The lowest BCUT2D eigenvalue weighted by molar-refractivity contribution is -0.146. The van der Waals surface area contributed by atoms with Crippen LogP contribution in [0.2, 0.25) is 0 Å². The average Bonchev–Trinajstić information content (AvgIpc) is 2.63. The van der Waals surface area contributed by atoms with E-state index in [1.54, 1.807) is 0 Å². The number of aliphatic hydroxyl groups is 2. The van der Waals surface area contributed by atoms with Crippen LogP contribution in [0.4, 0.5) is 0 Å². The second kappa shape index (κ2) is 7.49. The number of ether oxygens (including phenoxy) is 2. The van der Waals surface area contributed by atoms with Gasteiger partial charge in [-0.25, -0.2) is 0 Å². The van der Waals surface area contributed by atoms with Gasteiger partial charge in [0.05, 0.1) is 5.56 Å². The van der Waals surface area contributed by atoms with Gasteiger partial charge in [0.15, 0.2) is 5.43 Å². The van der Waals surface area contributed by atoms with E-state index < -0.39 is 24.4 Å². The highest BCUT2D eigenvalue weighted by Crippen LogP contribution is 2.38. The summed E-state index contributed by atoms with van der Waals surface area (Å²) in [5.74, 6) is 0.732. The van der Waals surface area contributed by atoms with Crippen LogP contribution in [0.5, 0.6) is 0 Å². The molecule has 0 saturated carbocycles. The highest BCUT2D eigenvalue weighted by molar-refractivity contribution is 5.30. The second-order valence-electron chi connectivity index (χ2n) is 6.13. The third-order valence-corrected chi connectivity index (χ3v) is 4.59. The molecule has 2 N–H and O–H groups in total. The Morgan fingerprint density at radius 2 is 1.64 bits per heavy atom. The molecule has 1 heterocycles. The van der Waals surface area contributed by atoms with Crippen molar-refractivity contribution in [3.8, 4) is 0 Å². The Labute approximate surface area is 145 Å². The topological polar surface area (TPSA) is 89.1 Å². The van der Waals surface area contributed by atoms with Gasteiger partial charge in [-0.05, 0) is 12.0 Å². The quantitative estimate of drug-likeness (QED) is 0.854. The molecule has 0 amide bonds. The van der Waals surface area contributed by atoms with Crippen molar-refractivity contribution in [2.75, 3.05) is 14.2 Å². The third-order valence-electron chi connectivity index (χ3n) is 4.59. The minimum atomic E-state index is -1.26. The fraction of sp³-hybridized carbons (Fsp3) is 0.421. The predicted molar refractivity (Wildman–Crippen MR) is 90.3 cm³/mol. The van der Waals surface area contributed by atoms with Crippen LogP contribution in [-0.2, 0) is 22.3 Å². The Morgan fingerprint density at radius 3 is 2.28 bits per heavy atom. The highest BCUT2D eigenvalue weighted by Gasteiger charge is 2.45. The molecule has 4 atom stereocenters. The SMILES string of the molecule is COC1c2oc(CCc3ccccc3)cc(=O)c2C(OC)C(O)C1O. The molecular formula is C19H22O6. The normalized spacial score (nSPS) is 25.6. The van der Waals surface area contributed by atoms with Crippen molar-refractivity contribution < 1.29 is 24.1 Å². The molecule has 4 unspecified atom stereocenters. The first kappa shape index (κ1) is 17.8. The zero-order chi connectivity index (χ0) is 18.0. The monoisotopic (exact) mass is 346 g/mol. The molecule has 1 aliphatic carbocycles. The van der Waals surface area contributed by atoms with Gasteiger partial charge >= 0.3 is 0 Å². The molecule has 0 fully saturated rings. The van der Waals surface area contributed by atoms with Gasteiger partial charge in [0.2, 0.25) is 0 Å².